The van der Waals surface area contributed by atoms with Crippen molar-refractivity contribution in [3.05, 3.63) is 85.9 Å². The minimum atomic E-state index is -0.0552. The van der Waals surface area contributed by atoms with E-state index in [1.165, 1.54) is 15.3 Å². The lowest BCUT2D eigenvalue weighted by molar-refractivity contribution is 0.0697. The number of aromatic nitrogens is 1. The molecule has 140 valence electrons. The Morgan fingerprint density at radius 1 is 1.11 bits per heavy atom. The molecule has 4 nitrogen and oxygen atoms in total. The van der Waals surface area contributed by atoms with Crippen LogP contribution in [0.25, 0.3) is 11.3 Å². The Balaban J connectivity index is 1.60. The number of aryl methyl sites for hydroxylation is 1. The van der Waals surface area contributed by atoms with Gasteiger partial charge in [-0.2, -0.15) is 0 Å². The molecule has 6 heteroatoms. The average molecular weight is 407 g/mol. The highest BCUT2D eigenvalue weighted by Crippen LogP contribution is 2.41. The van der Waals surface area contributed by atoms with Crippen molar-refractivity contribution < 1.29 is 9.32 Å². The zero-order chi connectivity index (χ0) is 19.1. The summed E-state index contributed by atoms with van der Waals surface area (Å²) in [6.45, 7) is 2.50. The molecule has 5 rings (SSSR count). The lowest BCUT2D eigenvalue weighted by Crippen LogP contribution is -2.40. The van der Waals surface area contributed by atoms with E-state index >= 15 is 0 Å². The normalized spacial score (nSPS) is 16.2. The highest BCUT2D eigenvalue weighted by Gasteiger charge is 2.36. The van der Waals surface area contributed by atoms with Crippen molar-refractivity contribution in [2.24, 2.45) is 0 Å². The summed E-state index contributed by atoms with van der Waals surface area (Å²) in [5.74, 6) is 0.540. The van der Waals surface area contributed by atoms with E-state index in [-0.39, 0.29) is 11.9 Å². The Morgan fingerprint density at radius 2 is 1.96 bits per heavy atom. The van der Waals surface area contributed by atoms with Gasteiger partial charge in [0.15, 0.2) is 0 Å². The number of hydrogen-bond acceptors (Lipinski definition) is 5. The van der Waals surface area contributed by atoms with Crippen molar-refractivity contribution in [1.29, 1.82) is 0 Å². The zero-order valence-corrected chi connectivity index (χ0v) is 16.9. The first-order chi connectivity index (χ1) is 13.7. The van der Waals surface area contributed by atoms with E-state index < -0.39 is 0 Å². The smallest absolute Gasteiger partial charge is 0.260 e. The predicted molar refractivity (Wildman–Crippen MR) is 112 cm³/mol. The monoisotopic (exact) mass is 406 g/mol. The van der Waals surface area contributed by atoms with Gasteiger partial charge >= 0.3 is 0 Å². The van der Waals surface area contributed by atoms with Gasteiger partial charge in [-0.15, -0.1) is 22.7 Å². The Labute approximate surface area is 171 Å². The van der Waals surface area contributed by atoms with Gasteiger partial charge in [-0.25, -0.2) is 0 Å². The first-order valence-electron chi connectivity index (χ1n) is 9.16. The largest absolute Gasteiger partial charge is 0.360 e. The Kier molecular flexibility index (Phi) is 4.37. The fraction of sp³-hybridized carbons (Fsp3) is 0.182. The summed E-state index contributed by atoms with van der Waals surface area (Å²) in [5, 5.41) is 8.40. The number of fused-ring (bicyclic) bond motifs is 1. The standard InChI is InChI=1S/C22H18N2O2S2/c1-14-19(20(23-26-14)15-6-3-2-4-7-15)22(25)24-11-9-17-16(10-13-28-17)21(24)18-8-5-12-27-18/h2-8,10,12-13,21H,9,11H2,1H3. The summed E-state index contributed by atoms with van der Waals surface area (Å²) >= 11 is 3.47. The number of amides is 1. The fourth-order valence-corrected chi connectivity index (χ4v) is 5.61. The molecule has 0 N–H and O–H groups in total. The van der Waals surface area contributed by atoms with E-state index in [9.17, 15) is 4.79 Å². The molecule has 0 bridgehead atoms. The van der Waals surface area contributed by atoms with Crippen LogP contribution in [0, 0.1) is 6.92 Å². The summed E-state index contributed by atoms with van der Waals surface area (Å²) in [4.78, 5) is 18.3. The van der Waals surface area contributed by atoms with Gasteiger partial charge in [0, 0.05) is 21.9 Å². The SMILES string of the molecule is Cc1onc(-c2ccccc2)c1C(=O)N1CCc2sccc2C1c1cccs1. The molecule has 28 heavy (non-hydrogen) atoms. The van der Waals surface area contributed by atoms with Gasteiger partial charge in [0.25, 0.3) is 5.91 Å². The van der Waals surface area contributed by atoms with E-state index in [2.05, 4.69) is 28.0 Å². The minimum Gasteiger partial charge on any atom is -0.360 e. The second-order valence-electron chi connectivity index (χ2n) is 6.79. The van der Waals surface area contributed by atoms with Crippen LogP contribution in [0.2, 0.25) is 0 Å². The second-order valence-corrected chi connectivity index (χ2v) is 8.77. The van der Waals surface area contributed by atoms with E-state index in [0.29, 0.717) is 23.6 Å². The number of hydrogen-bond donors (Lipinski definition) is 0. The molecule has 0 saturated carbocycles. The summed E-state index contributed by atoms with van der Waals surface area (Å²) in [7, 11) is 0. The van der Waals surface area contributed by atoms with E-state index in [4.69, 9.17) is 4.52 Å². The first kappa shape index (κ1) is 17.4. The minimum absolute atomic E-state index is 0.0205. The van der Waals surface area contributed by atoms with Crippen LogP contribution in [-0.2, 0) is 6.42 Å². The summed E-state index contributed by atoms with van der Waals surface area (Å²) in [5.41, 5.74) is 3.31. The molecule has 0 fully saturated rings. The molecule has 4 heterocycles. The molecule has 1 unspecified atom stereocenters. The van der Waals surface area contributed by atoms with Gasteiger partial charge in [-0.1, -0.05) is 41.6 Å². The van der Waals surface area contributed by atoms with Gasteiger partial charge < -0.3 is 9.42 Å². The van der Waals surface area contributed by atoms with E-state index in [1.807, 2.05) is 48.2 Å². The maximum atomic E-state index is 13.7. The molecule has 1 aliphatic rings. The fourth-order valence-electron chi connectivity index (χ4n) is 3.85. The van der Waals surface area contributed by atoms with Crippen molar-refractivity contribution in [3.8, 4) is 11.3 Å². The maximum absolute atomic E-state index is 13.7. The molecule has 0 aliphatic carbocycles. The molecule has 0 saturated heterocycles. The van der Waals surface area contributed by atoms with Crippen molar-refractivity contribution >= 4 is 28.6 Å². The summed E-state index contributed by atoms with van der Waals surface area (Å²) in [6, 6.07) is 16.0. The van der Waals surface area contributed by atoms with Gasteiger partial charge in [0.05, 0.1) is 6.04 Å². The lowest BCUT2D eigenvalue weighted by atomic mass is 9.96. The number of carbonyl (C=O) groups excluding carboxylic acids is 1. The Bertz CT molecular complexity index is 1110. The summed E-state index contributed by atoms with van der Waals surface area (Å²) in [6.07, 6.45) is 0.881. The molecular formula is C22H18N2O2S2. The van der Waals surface area contributed by atoms with Crippen molar-refractivity contribution in [2.75, 3.05) is 6.54 Å². The van der Waals surface area contributed by atoms with Crippen molar-refractivity contribution in [1.82, 2.24) is 10.1 Å². The molecule has 3 aromatic heterocycles. The molecule has 0 radical (unpaired) electrons. The zero-order valence-electron chi connectivity index (χ0n) is 15.3. The maximum Gasteiger partial charge on any atom is 0.260 e. The number of nitrogens with zero attached hydrogens (tertiary/aromatic N) is 2. The van der Waals surface area contributed by atoms with Crippen LogP contribution in [0.1, 0.15) is 37.5 Å². The quantitative estimate of drug-likeness (QED) is 0.447. The Morgan fingerprint density at radius 3 is 2.75 bits per heavy atom. The predicted octanol–water partition coefficient (Wildman–Crippen LogP) is 5.56. The third-order valence-electron chi connectivity index (χ3n) is 5.16. The number of rotatable bonds is 3. The highest BCUT2D eigenvalue weighted by molar-refractivity contribution is 7.10. The van der Waals surface area contributed by atoms with Crippen LogP contribution in [0.15, 0.2) is 63.8 Å². The van der Waals surface area contributed by atoms with Gasteiger partial charge in [-0.05, 0) is 41.8 Å². The van der Waals surface area contributed by atoms with Crippen LogP contribution < -0.4 is 0 Å². The molecule has 1 aliphatic heterocycles. The second kappa shape index (κ2) is 7.04. The molecule has 4 aromatic rings. The van der Waals surface area contributed by atoms with Crippen LogP contribution in [0.4, 0.5) is 0 Å². The molecule has 0 spiro atoms. The van der Waals surface area contributed by atoms with E-state index in [1.54, 1.807) is 22.7 Å². The van der Waals surface area contributed by atoms with E-state index in [0.717, 1.165) is 12.0 Å². The number of carbonyl (C=O) groups is 1. The van der Waals surface area contributed by atoms with Crippen LogP contribution in [0.3, 0.4) is 0 Å². The first-order valence-corrected chi connectivity index (χ1v) is 10.9. The van der Waals surface area contributed by atoms with Crippen LogP contribution in [-0.4, -0.2) is 22.5 Å². The molecule has 1 atom stereocenters. The number of benzene rings is 1. The topological polar surface area (TPSA) is 46.3 Å². The van der Waals surface area contributed by atoms with Crippen molar-refractivity contribution in [3.63, 3.8) is 0 Å². The summed E-state index contributed by atoms with van der Waals surface area (Å²) < 4.78 is 5.45. The molecule has 1 amide bonds. The average Bonchev–Trinajstić information content (AvgIpc) is 3.48. The van der Waals surface area contributed by atoms with Crippen molar-refractivity contribution in [2.45, 2.75) is 19.4 Å². The third-order valence-corrected chi connectivity index (χ3v) is 7.08. The molecule has 1 aromatic carbocycles. The van der Waals surface area contributed by atoms with Crippen LogP contribution >= 0.6 is 22.7 Å². The highest BCUT2D eigenvalue weighted by atomic mass is 32.1. The molecular weight excluding hydrogens is 388 g/mol. The van der Waals surface area contributed by atoms with Gasteiger partial charge in [0.1, 0.15) is 17.0 Å². The van der Waals surface area contributed by atoms with Gasteiger partial charge in [0.2, 0.25) is 0 Å². The van der Waals surface area contributed by atoms with Gasteiger partial charge in [-0.3, -0.25) is 4.79 Å². The lowest BCUT2D eigenvalue weighted by Gasteiger charge is -2.35. The third kappa shape index (κ3) is 2.80. The number of thiophene rings is 2. The van der Waals surface area contributed by atoms with Crippen LogP contribution in [0.5, 0.6) is 0 Å². The Hall–Kier alpha value is -2.70.